The number of hydrogen-bond acceptors (Lipinski definition) is 5. The second kappa shape index (κ2) is 5.59. The topological polar surface area (TPSA) is 87.8 Å². The third-order valence-corrected chi connectivity index (χ3v) is 3.19. The number of nitrogens with zero attached hydrogens (tertiary/aromatic N) is 3. The van der Waals surface area contributed by atoms with E-state index >= 15 is 0 Å². The summed E-state index contributed by atoms with van der Waals surface area (Å²) in [4.78, 5) is 15.8. The first-order valence-corrected chi connectivity index (χ1v) is 6.03. The minimum Gasteiger partial charge on any atom is -0.507 e. The Morgan fingerprint density at radius 2 is 1.79 bits per heavy atom. The smallest absolute Gasteiger partial charge is 0.261 e. The molecule has 1 fully saturated rings. The van der Waals surface area contributed by atoms with Crippen LogP contribution in [0.25, 0.3) is 0 Å². The summed E-state index contributed by atoms with van der Waals surface area (Å²) in [6.45, 7) is 2.55. The summed E-state index contributed by atoms with van der Waals surface area (Å²) in [7, 11) is 0. The molecule has 0 atom stereocenters. The first-order valence-electron chi connectivity index (χ1n) is 6.03. The van der Waals surface area contributed by atoms with Gasteiger partial charge in [-0.2, -0.15) is 5.26 Å². The minimum absolute atomic E-state index is 0.0590. The average Bonchev–Trinajstić information content (AvgIpc) is 2.39. The molecule has 1 heterocycles. The highest BCUT2D eigenvalue weighted by molar-refractivity contribution is 5.99. The summed E-state index contributed by atoms with van der Waals surface area (Å²) < 4.78 is 0. The third kappa shape index (κ3) is 2.77. The number of carbonyl (C=O) groups excluding carboxylic acids is 1. The van der Waals surface area contributed by atoms with Crippen LogP contribution in [-0.2, 0) is 0 Å². The molecule has 100 valence electrons. The van der Waals surface area contributed by atoms with Crippen molar-refractivity contribution in [3.63, 3.8) is 0 Å². The molecular weight excluding hydrogens is 246 g/mol. The van der Waals surface area contributed by atoms with Gasteiger partial charge in [-0.05, 0) is 12.1 Å². The van der Waals surface area contributed by atoms with Crippen LogP contribution in [-0.4, -0.2) is 58.6 Å². The molecule has 0 bridgehead atoms. The Labute approximate surface area is 111 Å². The Morgan fingerprint density at radius 3 is 2.32 bits per heavy atom. The standard InChI is InChI=1S/C13H15N3O3/c14-4-5-15-6-8-16(9-7-15)13(19)12-10(17)2-1-3-11(12)18/h1-3,17-18H,5-9H2. The van der Waals surface area contributed by atoms with Gasteiger partial charge in [0.15, 0.2) is 0 Å². The molecule has 19 heavy (non-hydrogen) atoms. The predicted octanol–water partition coefficient (Wildman–Crippen LogP) is 0.379. The van der Waals surface area contributed by atoms with Crippen molar-refractivity contribution in [3.05, 3.63) is 23.8 Å². The molecule has 6 nitrogen and oxygen atoms in total. The lowest BCUT2D eigenvalue weighted by Crippen LogP contribution is -2.48. The van der Waals surface area contributed by atoms with Gasteiger partial charge in [0, 0.05) is 26.2 Å². The Bertz CT molecular complexity index is 496. The molecule has 0 spiro atoms. The summed E-state index contributed by atoms with van der Waals surface area (Å²) in [6, 6.07) is 6.30. The van der Waals surface area contributed by atoms with E-state index in [0.717, 1.165) is 0 Å². The lowest BCUT2D eigenvalue weighted by atomic mass is 10.1. The van der Waals surface area contributed by atoms with Crippen LogP contribution in [0, 0.1) is 11.3 Å². The van der Waals surface area contributed by atoms with Crippen LogP contribution in [0.15, 0.2) is 18.2 Å². The third-order valence-electron chi connectivity index (χ3n) is 3.19. The van der Waals surface area contributed by atoms with Gasteiger partial charge in [0.05, 0.1) is 12.6 Å². The molecule has 1 saturated heterocycles. The molecule has 2 rings (SSSR count). The van der Waals surface area contributed by atoms with E-state index in [-0.39, 0.29) is 23.0 Å². The molecule has 0 unspecified atom stereocenters. The van der Waals surface area contributed by atoms with Crippen molar-refractivity contribution in [3.8, 4) is 17.6 Å². The minimum atomic E-state index is -0.382. The fourth-order valence-electron chi connectivity index (χ4n) is 2.11. The van der Waals surface area contributed by atoms with Crippen molar-refractivity contribution >= 4 is 5.91 Å². The molecule has 6 heteroatoms. The number of rotatable bonds is 2. The maximum Gasteiger partial charge on any atom is 0.261 e. The van der Waals surface area contributed by atoms with E-state index in [1.165, 1.54) is 18.2 Å². The lowest BCUT2D eigenvalue weighted by molar-refractivity contribution is 0.0646. The number of nitriles is 1. The van der Waals surface area contributed by atoms with Gasteiger partial charge in [-0.1, -0.05) is 6.07 Å². The van der Waals surface area contributed by atoms with Crippen molar-refractivity contribution in [1.29, 1.82) is 5.26 Å². The first kappa shape index (κ1) is 13.2. The quantitative estimate of drug-likeness (QED) is 0.751. The molecule has 1 aliphatic heterocycles. The maximum atomic E-state index is 12.2. The molecular formula is C13H15N3O3. The normalized spacial score (nSPS) is 16.1. The zero-order valence-electron chi connectivity index (χ0n) is 10.4. The van der Waals surface area contributed by atoms with E-state index in [0.29, 0.717) is 32.7 Å². The Morgan fingerprint density at radius 1 is 1.21 bits per heavy atom. The highest BCUT2D eigenvalue weighted by atomic mass is 16.3. The average molecular weight is 261 g/mol. The fraction of sp³-hybridized carbons (Fsp3) is 0.385. The van der Waals surface area contributed by atoms with Crippen molar-refractivity contribution < 1.29 is 15.0 Å². The summed E-state index contributed by atoms with van der Waals surface area (Å²) >= 11 is 0. The van der Waals surface area contributed by atoms with Gasteiger partial charge in [0.25, 0.3) is 5.91 Å². The van der Waals surface area contributed by atoms with Gasteiger partial charge in [-0.15, -0.1) is 0 Å². The zero-order chi connectivity index (χ0) is 13.8. The molecule has 1 aromatic rings. The van der Waals surface area contributed by atoms with Crippen LogP contribution in [0.2, 0.25) is 0 Å². The van der Waals surface area contributed by atoms with Gasteiger partial charge in [-0.25, -0.2) is 0 Å². The monoisotopic (exact) mass is 261 g/mol. The zero-order valence-corrected chi connectivity index (χ0v) is 10.4. The molecule has 1 aliphatic rings. The molecule has 1 amide bonds. The van der Waals surface area contributed by atoms with Gasteiger partial charge >= 0.3 is 0 Å². The van der Waals surface area contributed by atoms with Crippen molar-refractivity contribution in [2.45, 2.75) is 0 Å². The summed E-state index contributed by atoms with van der Waals surface area (Å²) in [5.41, 5.74) is -0.0590. The largest absolute Gasteiger partial charge is 0.507 e. The molecule has 0 radical (unpaired) electrons. The molecule has 0 saturated carbocycles. The van der Waals surface area contributed by atoms with Crippen LogP contribution in [0.5, 0.6) is 11.5 Å². The molecule has 0 aliphatic carbocycles. The summed E-state index contributed by atoms with van der Waals surface area (Å²) in [5, 5.41) is 27.9. The van der Waals surface area contributed by atoms with Crippen LogP contribution in [0.4, 0.5) is 0 Å². The van der Waals surface area contributed by atoms with Crippen molar-refractivity contribution in [2.24, 2.45) is 0 Å². The van der Waals surface area contributed by atoms with Crippen LogP contribution < -0.4 is 0 Å². The number of aromatic hydroxyl groups is 2. The second-order valence-corrected chi connectivity index (χ2v) is 4.40. The van der Waals surface area contributed by atoms with Crippen molar-refractivity contribution in [1.82, 2.24) is 9.80 Å². The number of hydrogen-bond donors (Lipinski definition) is 2. The van der Waals surface area contributed by atoms with E-state index in [1.54, 1.807) is 4.90 Å². The Hall–Kier alpha value is -2.26. The van der Waals surface area contributed by atoms with Crippen LogP contribution in [0.1, 0.15) is 10.4 Å². The summed E-state index contributed by atoms with van der Waals surface area (Å²) in [5.74, 6) is -0.818. The van der Waals surface area contributed by atoms with E-state index in [9.17, 15) is 15.0 Å². The van der Waals surface area contributed by atoms with E-state index in [4.69, 9.17) is 5.26 Å². The summed E-state index contributed by atoms with van der Waals surface area (Å²) in [6.07, 6.45) is 0. The van der Waals surface area contributed by atoms with Gasteiger partial charge in [-0.3, -0.25) is 9.69 Å². The van der Waals surface area contributed by atoms with Gasteiger partial charge in [0.1, 0.15) is 17.1 Å². The number of amides is 1. The number of carbonyl (C=O) groups is 1. The number of piperazine rings is 1. The molecule has 0 aromatic heterocycles. The van der Waals surface area contributed by atoms with E-state index in [1.807, 2.05) is 4.90 Å². The van der Waals surface area contributed by atoms with Crippen LogP contribution >= 0.6 is 0 Å². The Balaban J connectivity index is 2.08. The molecule has 1 aromatic carbocycles. The highest BCUT2D eigenvalue weighted by Gasteiger charge is 2.25. The molecule has 2 N–H and O–H groups in total. The SMILES string of the molecule is N#CCN1CCN(C(=O)c2c(O)cccc2O)CC1. The second-order valence-electron chi connectivity index (χ2n) is 4.40. The van der Waals surface area contributed by atoms with E-state index in [2.05, 4.69) is 6.07 Å². The van der Waals surface area contributed by atoms with E-state index < -0.39 is 0 Å². The van der Waals surface area contributed by atoms with Gasteiger partial charge in [0.2, 0.25) is 0 Å². The number of phenols is 2. The van der Waals surface area contributed by atoms with Crippen LogP contribution in [0.3, 0.4) is 0 Å². The van der Waals surface area contributed by atoms with Crippen molar-refractivity contribution in [2.75, 3.05) is 32.7 Å². The fourth-order valence-corrected chi connectivity index (χ4v) is 2.11. The predicted molar refractivity (Wildman–Crippen MR) is 67.7 cm³/mol. The maximum absolute atomic E-state index is 12.2. The lowest BCUT2D eigenvalue weighted by Gasteiger charge is -2.33. The van der Waals surface area contributed by atoms with Gasteiger partial charge < -0.3 is 15.1 Å². The Kier molecular flexibility index (Phi) is 3.88. The number of phenolic OH excluding ortho intramolecular Hbond substituents is 2. The first-order chi connectivity index (χ1) is 9.13. The number of benzene rings is 1. The highest BCUT2D eigenvalue weighted by Crippen LogP contribution is 2.27.